The molecule has 0 amide bonds. The maximum Gasteiger partial charge on any atom is 0.191 e. The van der Waals surface area contributed by atoms with Gasteiger partial charge in [0.15, 0.2) is 5.96 Å². The Bertz CT molecular complexity index is 967. The molecular weight excluding hydrogens is 475 g/mol. The van der Waals surface area contributed by atoms with Crippen molar-refractivity contribution < 1.29 is 0 Å². The summed E-state index contributed by atoms with van der Waals surface area (Å²) in [5.74, 6) is 0.853. The van der Waals surface area contributed by atoms with Crippen molar-refractivity contribution >= 4 is 46.4 Å². The molecule has 2 heterocycles. The van der Waals surface area contributed by atoms with Crippen molar-refractivity contribution in [2.24, 2.45) is 12.0 Å². The van der Waals surface area contributed by atoms with E-state index >= 15 is 0 Å². The largest absolute Gasteiger partial charge is 0.367 e. The van der Waals surface area contributed by atoms with Crippen LogP contribution in [-0.4, -0.2) is 41.9 Å². The molecule has 1 fully saturated rings. The van der Waals surface area contributed by atoms with Gasteiger partial charge in [0, 0.05) is 46.0 Å². The summed E-state index contributed by atoms with van der Waals surface area (Å²) in [6, 6.07) is 15.4. The molecule has 7 heteroatoms. The van der Waals surface area contributed by atoms with Crippen molar-refractivity contribution in [2.75, 3.05) is 25.0 Å². The van der Waals surface area contributed by atoms with Crippen LogP contribution < -0.4 is 15.5 Å². The number of aryl methyl sites for hydroxylation is 1. The number of hydrogen-bond donors (Lipinski definition) is 2. The first-order chi connectivity index (χ1) is 13.7. The average Bonchev–Trinajstić information content (AvgIpc) is 3.17. The second-order valence-corrected chi connectivity index (χ2v) is 7.41. The number of nitrogens with one attached hydrogen (secondary N) is 2. The predicted octanol–water partition coefficient (Wildman–Crippen LogP) is 3.53. The number of hydrogen-bond acceptors (Lipinski definition) is 3. The molecule has 1 aliphatic heterocycles. The molecule has 0 aliphatic carbocycles. The van der Waals surface area contributed by atoms with Crippen LogP contribution in [0.25, 0.3) is 10.8 Å². The van der Waals surface area contributed by atoms with E-state index in [1.54, 1.807) is 0 Å². The Morgan fingerprint density at radius 2 is 2.03 bits per heavy atom. The SMILES string of the molecule is CN=C(NCc1ccc2ccccc2c1)NC1CCCN(c2cnn(C)c2)C1.I. The maximum absolute atomic E-state index is 4.42. The smallest absolute Gasteiger partial charge is 0.191 e. The normalized spacial score (nSPS) is 17.1. The molecule has 0 bridgehead atoms. The Kier molecular flexibility index (Phi) is 7.35. The van der Waals surface area contributed by atoms with E-state index in [2.05, 4.69) is 74.3 Å². The molecule has 0 spiro atoms. The van der Waals surface area contributed by atoms with Crippen molar-refractivity contribution in [3.63, 3.8) is 0 Å². The van der Waals surface area contributed by atoms with Gasteiger partial charge >= 0.3 is 0 Å². The van der Waals surface area contributed by atoms with Gasteiger partial charge in [-0.15, -0.1) is 24.0 Å². The number of nitrogens with zero attached hydrogens (tertiary/aromatic N) is 4. The average molecular weight is 504 g/mol. The standard InChI is InChI=1S/C22H28N6.HI/c1-23-22(24-13-17-9-10-18-6-3-4-7-19(18)12-17)26-20-8-5-11-28(15-20)21-14-25-27(2)16-21;/h3-4,6-7,9-10,12,14,16,20H,5,8,11,13,15H2,1-2H3,(H2,23,24,26);1H. The Hall–Kier alpha value is -2.29. The molecular formula is C22H29IN6. The fraction of sp³-hybridized carbons (Fsp3) is 0.364. The van der Waals surface area contributed by atoms with Crippen molar-refractivity contribution in [3.8, 4) is 0 Å². The van der Waals surface area contributed by atoms with E-state index < -0.39 is 0 Å². The zero-order chi connectivity index (χ0) is 19.3. The van der Waals surface area contributed by atoms with Crippen LogP contribution in [0.3, 0.4) is 0 Å². The van der Waals surface area contributed by atoms with Crippen LogP contribution in [-0.2, 0) is 13.6 Å². The summed E-state index contributed by atoms with van der Waals surface area (Å²) in [6.45, 7) is 2.79. The molecule has 154 valence electrons. The van der Waals surface area contributed by atoms with Crippen LogP contribution in [0.15, 0.2) is 59.9 Å². The summed E-state index contributed by atoms with van der Waals surface area (Å²) >= 11 is 0. The third-order valence-corrected chi connectivity index (χ3v) is 5.32. The van der Waals surface area contributed by atoms with Crippen LogP contribution in [0.1, 0.15) is 18.4 Å². The van der Waals surface area contributed by atoms with E-state index in [9.17, 15) is 0 Å². The lowest BCUT2D eigenvalue weighted by Gasteiger charge is -2.34. The van der Waals surface area contributed by atoms with E-state index in [1.807, 2.05) is 25.0 Å². The summed E-state index contributed by atoms with van der Waals surface area (Å²) in [5.41, 5.74) is 2.44. The molecule has 2 N–H and O–H groups in total. The quantitative estimate of drug-likeness (QED) is 0.325. The zero-order valence-electron chi connectivity index (χ0n) is 17.0. The number of halogens is 1. The van der Waals surface area contributed by atoms with Gasteiger partial charge in [0.2, 0.25) is 0 Å². The molecule has 1 saturated heterocycles. The first-order valence-corrected chi connectivity index (χ1v) is 9.90. The fourth-order valence-corrected chi connectivity index (χ4v) is 3.82. The van der Waals surface area contributed by atoms with E-state index in [4.69, 9.17) is 0 Å². The fourth-order valence-electron chi connectivity index (χ4n) is 3.82. The minimum absolute atomic E-state index is 0. The topological polar surface area (TPSA) is 57.5 Å². The number of guanidine groups is 1. The van der Waals surface area contributed by atoms with Crippen LogP contribution in [0.4, 0.5) is 5.69 Å². The second kappa shape index (κ2) is 9.96. The molecule has 0 saturated carbocycles. The Morgan fingerprint density at radius 3 is 2.79 bits per heavy atom. The second-order valence-electron chi connectivity index (χ2n) is 7.41. The number of aliphatic imine (C=N–C) groups is 1. The predicted molar refractivity (Wildman–Crippen MR) is 131 cm³/mol. The third-order valence-electron chi connectivity index (χ3n) is 5.32. The molecule has 1 unspecified atom stereocenters. The minimum Gasteiger partial charge on any atom is -0.367 e. The Morgan fingerprint density at radius 1 is 1.21 bits per heavy atom. The van der Waals surface area contributed by atoms with Crippen molar-refractivity contribution in [3.05, 3.63) is 60.4 Å². The first kappa shape index (κ1) is 21.4. The maximum atomic E-state index is 4.42. The summed E-state index contributed by atoms with van der Waals surface area (Å²) < 4.78 is 1.86. The van der Waals surface area contributed by atoms with Crippen LogP contribution in [0.2, 0.25) is 0 Å². The third kappa shape index (κ3) is 5.41. The highest BCUT2D eigenvalue weighted by molar-refractivity contribution is 14.0. The highest BCUT2D eigenvalue weighted by atomic mass is 127. The van der Waals surface area contributed by atoms with Crippen molar-refractivity contribution in [1.29, 1.82) is 0 Å². The molecule has 1 atom stereocenters. The monoisotopic (exact) mass is 504 g/mol. The molecule has 4 rings (SSSR count). The van der Waals surface area contributed by atoms with Gasteiger partial charge in [0.05, 0.1) is 11.9 Å². The molecule has 1 aromatic heterocycles. The summed E-state index contributed by atoms with van der Waals surface area (Å²) in [4.78, 5) is 6.81. The van der Waals surface area contributed by atoms with Crippen molar-refractivity contribution in [2.45, 2.75) is 25.4 Å². The van der Waals surface area contributed by atoms with E-state index in [0.717, 1.165) is 38.4 Å². The minimum atomic E-state index is 0. The van der Waals surface area contributed by atoms with Gasteiger partial charge in [0.25, 0.3) is 0 Å². The highest BCUT2D eigenvalue weighted by Crippen LogP contribution is 2.19. The number of rotatable bonds is 4. The number of piperidine rings is 1. The molecule has 29 heavy (non-hydrogen) atoms. The molecule has 6 nitrogen and oxygen atoms in total. The van der Waals surface area contributed by atoms with Crippen LogP contribution in [0, 0.1) is 0 Å². The lowest BCUT2D eigenvalue weighted by atomic mass is 10.1. The molecule has 0 radical (unpaired) electrons. The van der Waals surface area contributed by atoms with Gasteiger partial charge in [-0.3, -0.25) is 9.67 Å². The lowest BCUT2D eigenvalue weighted by molar-refractivity contribution is 0.468. The zero-order valence-corrected chi connectivity index (χ0v) is 19.3. The summed E-state index contributed by atoms with van der Waals surface area (Å²) in [6.07, 6.45) is 6.33. The number of fused-ring (bicyclic) bond motifs is 1. The Balaban J connectivity index is 0.00000240. The van der Waals surface area contributed by atoms with Gasteiger partial charge < -0.3 is 15.5 Å². The molecule has 1 aliphatic rings. The van der Waals surface area contributed by atoms with Gasteiger partial charge in [0.1, 0.15) is 0 Å². The van der Waals surface area contributed by atoms with Crippen LogP contribution in [0.5, 0.6) is 0 Å². The summed E-state index contributed by atoms with van der Waals surface area (Å²) in [7, 11) is 3.79. The first-order valence-electron chi connectivity index (χ1n) is 9.90. The summed E-state index contributed by atoms with van der Waals surface area (Å²) in [5, 5.41) is 13.9. The van der Waals surface area contributed by atoms with E-state index in [1.165, 1.54) is 22.0 Å². The van der Waals surface area contributed by atoms with Crippen molar-refractivity contribution in [1.82, 2.24) is 20.4 Å². The van der Waals surface area contributed by atoms with Gasteiger partial charge in [-0.25, -0.2) is 0 Å². The van der Waals surface area contributed by atoms with E-state index in [0.29, 0.717) is 6.04 Å². The number of benzene rings is 2. The molecule has 2 aromatic carbocycles. The van der Waals surface area contributed by atoms with Crippen LogP contribution >= 0.6 is 24.0 Å². The molecule has 3 aromatic rings. The van der Waals surface area contributed by atoms with Gasteiger partial charge in [-0.05, 0) is 35.2 Å². The van der Waals surface area contributed by atoms with Gasteiger partial charge in [-0.2, -0.15) is 5.10 Å². The lowest BCUT2D eigenvalue weighted by Crippen LogP contribution is -2.51. The van der Waals surface area contributed by atoms with Gasteiger partial charge in [-0.1, -0.05) is 36.4 Å². The number of aromatic nitrogens is 2. The van der Waals surface area contributed by atoms with E-state index in [-0.39, 0.29) is 24.0 Å². The Labute approximate surface area is 189 Å². The number of anilines is 1. The highest BCUT2D eigenvalue weighted by Gasteiger charge is 2.21.